The number of methoxy groups -OCH3 is 3. The zero-order chi connectivity index (χ0) is 23.2. The lowest BCUT2D eigenvalue weighted by Crippen LogP contribution is -2.16. The minimum Gasteiger partial charge on any atom is -0.493 e. The quantitative estimate of drug-likeness (QED) is 0.525. The van der Waals surface area contributed by atoms with Crippen molar-refractivity contribution in [2.75, 3.05) is 39.9 Å². The summed E-state index contributed by atoms with van der Waals surface area (Å²) < 4.78 is 29.2. The topological polar surface area (TPSA) is 93.1 Å². The van der Waals surface area contributed by atoms with Gasteiger partial charge in [0.25, 0.3) is 0 Å². The van der Waals surface area contributed by atoms with Crippen LogP contribution in [0.15, 0.2) is 48.7 Å². The maximum Gasteiger partial charge on any atom is 0.249 e. The van der Waals surface area contributed by atoms with Crippen LogP contribution in [-0.4, -0.2) is 50.2 Å². The second kappa shape index (κ2) is 9.99. The van der Waals surface area contributed by atoms with Crippen LogP contribution in [0, 0.1) is 0 Å². The number of para-hydroxylation sites is 1. The van der Waals surface area contributed by atoms with E-state index in [0.29, 0.717) is 54.3 Å². The highest BCUT2D eigenvalue weighted by molar-refractivity contribution is 6.01. The van der Waals surface area contributed by atoms with E-state index in [-0.39, 0.29) is 5.91 Å². The summed E-state index contributed by atoms with van der Waals surface area (Å²) in [6.45, 7) is 1.33. The van der Waals surface area contributed by atoms with E-state index in [2.05, 4.69) is 10.4 Å². The molecule has 4 rings (SSSR count). The SMILES string of the molecule is COc1cccc(Cn2nccc2NC(=O)C=Cc2cc(OC)c3c(c2)OCCO3)c1OC. The molecule has 0 saturated heterocycles. The number of hydrogen-bond acceptors (Lipinski definition) is 7. The molecule has 3 aromatic rings. The van der Waals surface area contributed by atoms with Crippen LogP contribution in [-0.2, 0) is 11.3 Å². The molecular formula is C24H25N3O6. The predicted molar refractivity (Wildman–Crippen MR) is 123 cm³/mol. The lowest BCUT2D eigenvalue weighted by molar-refractivity contribution is -0.111. The number of benzene rings is 2. The zero-order valence-electron chi connectivity index (χ0n) is 18.7. The molecule has 2 heterocycles. The van der Waals surface area contributed by atoms with Gasteiger partial charge < -0.3 is 29.0 Å². The maximum absolute atomic E-state index is 12.6. The summed E-state index contributed by atoms with van der Waals surface area (Å²) in [4.78, 5) is 12.6. The number of carbonyl (C=O) groups excluding carboxylic acids is 1. The second-order valence-corrected chi connectivity index (χ2v) is 7.10. The van der Waals surface area contributed by atoms with Gasteiger partial charge in [-0.05, 0) is 29.8 Å². The van der Waals surface area contributed by atoms with Gasteiger partial charge in [0, 0.05) is 17.7 Å². The van der Waals surface area contributed by atoms with Crippen molar-refractivity contribution in [2.45, 2.75) is 6.54 Å². The molecular weight excluding hydrogens is 426 g/mol. The standard InChI is InChI=1S/C24H25N3O6/c1-29-18-6-4-5-17(23(18)31-3)15-27-21(9-10-25-27)26-22(28)8-7-16-13-19(30-2)24-20(14-16)32-11-12-33-24/h4-10,13-14H,11-12,15H2,1-3H3,(H,26,28). The Labute approximate surface area is 191 Å². The molecule has 0 bridgehead atoms. The summed E-state index contributed by atoms with van der Waals surface area (Å²) in [5.74, 6) is 3.22. The van der Waals surface area contributed by atoms with E-state index in [0.717, 1.165) is 11.1 Å². The third kappa shape index (κ3) is 4.87. The molecule has 0 aliphatic carbocycles. The molecule has 0 spiro atoms. The molecule has 0 atom stereocenters. The second-order valence-electron chi connectivity index (χ2n) is 7.10. The Morgan fingerprint density at radius 2 is 1.91 bits per heavy atom. The molecule has 1 N–H and O–H groups in total. The van der Waals surface area contributed by atoms with Gasteiger partial charge in [-0.2, -0.15) is 5.10 Å². The average Bonchev–Trinajstić information content (AvgIpc) is 3.28. The van der Waals surface area contributed by atoms with Crippen molar-refractivity contribution >= 4 is 17.8 Å². The summed E-state index contributed by atoms with van der Waals surface area (Å²) in [6.07, 6.45) is 4.74. The van der Waals surface area contributed by atoms with E-state index in [1.165, 1.54) is 6.08 Å². The highest BCUT2D eigenvalue weighted by Gasteiger charge is 2.18. The van der Waals surface area contributed by atoms with Crippen LogP contribution < -0.4 is 29.0 Å². The largest absolute Gasteiger partial charge is 0.493 e. The first kappa shape index (κ1) is 22.1. The number of carbonyl (C=O) groups is 1. The molecule has 0 unspecified atom stereocenters. The maximum atomic E-state index is 12.6. The fourth-order valence-electron chi connectivity index (χ4n) is 3.53. The molecule has 9 nitrogen and oxygen atoms in total. The van der Waals surface area contributed by atoms with E-state index >= 15 is 0 Å². The van der Waals surface area contributed by atoms with Crippen molar-refractivity contribution in [1.29, 1.82) is 0 Å². The summed E-state index contributed by atoms with van der Waals surface area (Å²) in [5.41, 5.74) is 1.62. The number of amides is 1. The number of anilines is 1. The van der Waals surface area contributed by atoms with Crippen LogP contribution >= 0.6 is 0 Å². The van der Waals surface area contributed by atoms with Gasteiger partial charge in [-0.1, -0.05) is 12.1 Å². The minimum absolute atomic E-state index is 0.303. The van der Waals surface area contributed by atoms with Crippen LogP contribution in [0.25, 0.3) is 6.08 Å². The van der Waals surface area contributed by atoms with Crippen molar-refractivity contribution in [2.24, 2.45) is 0 Å². The Balaban J connectivity index is 1.48. The van der Waals surface area contributed by atoms with Crippen LogP contribution in [0.2, 0.25) is 0 Å². The van der Waals surface area contributed by atoms with E-state index in [1.54, 1.807) is 56.5 Å². The molecule has 1 aliphatic heterocycles. The van der Waals surface area contributed by atoms with E-state index < -0.39 is 0 Å². The minimum atomic E-state index is -0.303. The van der Waals surface area contributed by atoms with Gasteiger partial charge >= 0.3 is 0 Å². The van der Waals surface area contributed by atoms with Gasteiger partial charge in [0.1, 0.15) is 19.0 Å². The number of hydrogen-bond donors (Lipinski definition) is 1. The Morgan fingerprint density at radius 3 is 2.70 bits per heavy atom. The first-order chi connectivity index (χ1) is 16.1. The van der Waals surface area contributed by atoms with E-state index in [4.69, 9.17) is 23.7 Å². The molecule has 0 radical (unpaired) electrons. The van der Waals surface area contributed by atoms with E-state index in [1.807, 2.05) is 18.2 Å². The van der Waals surface area contributed by atoms with Crippen LogP contribution in [0.1, 0.15) is 11.1 Å². The Kier molecular flexibility index (Phi) is 6.68. The highest BCUT2D eigenvalue weighted by Crippen LogP contribution is 2.40. The summed E-state index contributed by atoms with van der Waals surface area (Å²) in [6, 6.07) is 10.9. The van der Waals surface area contributed by atoms with Crippen LogP contribution in [0.4, 0.5) is 5.82 Å². The molecule has 33 heavy (non-hydrogen) atoms. The van der Waals surface area contributed by atoms with Gasteiger partial charge in [0.15, 0.2) is 23.0 Å². The van der Waals surface area contributed by atoms with Crippen molar-refractivity contribution in [3.05, 3.63) is 59.8 Å². The number of ether oxygens (including phenoxy) is 5. The number of rotatable bonds is 8. The van der Waals surface area contributed by atoms with Gasteiger partial charge in [-0.3, -0.25) is 4.79 Å². The average molecular weight is 451 g/mol. The molecule has 172 valence electrons. The molecule has 1 aliphatic rings. The number of fused-ring (bicyclic) bond motifs is 1. The molecule has 0 fully saturated rings. The fourth-order valence-corrected chi connectivity index (χ4v) is 3.53. The third-order valence-electron chi connectivity index (χ3n) is 5.05. The normalized spacial score (nSPS) is 12.5. The summed E-state index contributed by atoms with van der Waals surface area (Å²) >= 11 is 0. The first-order valence-corrected chi connectivity index (χ1v) is 10.3. The van der Waals surface area contributed by atoms with Gasteiger partial charge in [0.05, 0.1) is 34.1 Å². The van der Waals surface area contributed by atoms with Gasteiger partial charge in [0.2, 0.25) is 11.7 Å². The molecule has 0 saturated carbocycles. The number of nitrogens with zero attached hydrogens (tertiary/aromatic N) is 2. The van der Waals surface area contributed by atoms with Gasteiger partial charge in [-0.15, -0.1) is 0 Å². The zero-order valence-corrected chi connectivity index (χ0v) is 18.7. The summed E-state index contributed by atoms with van der Waals surface area (Å²) in [5, 5.41) is 7.17. The summed E-state index contributed by atoms with van der Waals surface area (Å²) in [7, 11) is 4.74. The van der Waals surface area contributed by atoms with Crippen molar-refractivity contribution < 1.29 is 28.5 Å². The third-order valence-corrected chi connectivity index (χ3v) is 5.05. The highest BCUT2D eigenvalue weighted by atomic mass is 16.6. The Morgan fingerprint density at radius 1 is 1.09 bits per heavy atom. The first-order valence-electron chi connectivity index (χ1n) is 10.3. The lowest BCUT2D eigenvalue weighted by Gasteiger charge is -2.20. The van der Waals surface area contributed by atoms with Gasteiger partial charge in [-0.25, -0.2) is 4.68 Å². The Hall–Kier alpha value is -4.14. The van der Waals surface area contributed by atoms with E-state index in [9.17, 15) is 4.79 Å². The monoisotopic (exact) mass is 451 g/mol. The molecule has 1 aromatic heterocycles. The lowest BCUT2D eigenvalue weighted by atomic mass is 10.1. The van der Waals surface area contributed by atoms with Crippen LogP contribution in [0.3, 0.4) is 0 Å². The predicted octanol–water partition coefficient (Wildman–Crippen LogP) is 3.38. The van der Waals surface area contributed by atoms with Crippen molar-refractivity contribution in [1.82, 2.24) is 9.78 Å². The smallest absolute Gasteiger partial charge is 0.249 e. The number of aromatic nitrogens is 2. The van der Waals surface area contributed by atoms with Crippen molar-refractivity contribution in [3.8, 4) is 28.7 Å². The Bertz CT molecular complexity index is 1150. The number of nitrogens with one attached hydrogen (secondary N) is 1. The molecule has 2 aromatic carbocycles. The molecule has 1 amide bonds. The fraction of sp³-hybridized carbons (Fsp3) is 0.250. The van der Waals surface area contributed by atoms with Crippen molar-refractivity contribution in [3.63, 3.8) is 0 Å². The molecule has 9 heteroatoms. The van der Waals surface area contributed by atoms with Crippen LogP contribution in [0.5, 0.6) is 28.7 Å².